The van der Waals surface area contributed by atoms with Crippen molar-refractivity contribution in [3.63, 3.8) is 0 Å². The van der Waals surface area contributed by atoms with Crippen LogP contribution in [0.3, 0.4) is 0 Å². The van der Waals surface area contributed by atoms with Crippen molar-refractivity contribution in [2.24, 2.45) is 5.73 Å². The Bertz CT molecular complexity index is 666. The van der Waals surface area contributed by atoms with Gasteiger partial charge in [-0.05, 0) is 42.5 Å². The lowest BCUT2D eigenvalue weighted by molar-refractivity contribution is -0.137. The second-order valence-electron chi connectivity index (χ2n) is 4.25. The quantitative estimate of drug-likeness (QED) is 0.658. The summed E-state index contributed by atoms with van der Waals surface area (Å²) in [6, 6.07) is 8.78. The van der Waals surface area contributed by atoms with Crippen molar-refractivity contribution in [2.75, 3.05) is 5.32 Å². The van der Waals surface area contributed by atoms with Crippen LogP contribution in [0.5, 0.6) is 0 Å². The Morgan fingerprint density at radius 3 is 2.10 bits per heavy atom. The fourth-order valence-electron chi connectivity index (χ4n) is 1.77. The van der Waals surface area contributed by atoms with E-state index < -0.39 is 17.6 Å². The van der Waals surface area contributed by atoms with Gasteiger partial charge in [0.25, 0.3) is 0 Å². The first-order chi connectivity index (χ1) is 9.77. The molecule has 110 valence electrons. The summed E-state index contributed by atoms with van der Waals surface area (Å²) in [6.07, 6.45) is -4.53. The molecule has 0 aliphatic rings. The average Bonchev–Trinajstić information content (AvgIpc) is 2.40. The molecule has 0 saturated heterocycles. The van der Waals surface area contributed by atoms with Gasteiger partial charge in [0.2, 0.25) is 0 Å². The second-order valence-corrected chi connectivity index (χ2v) is 4.69. The summed E-state index contributed by atoms with van der Waals surface area (Å²) < 4.78 is 51.3. The molecule has 0 bridgehead atoms. The molecule has 0 aliphatic carbocycles. The van der Waals surface area contributed by atoms with Crippen LogP contribution in [-0.4, -0.2) is 4.99 Å². The number of thiocarbonyl (C=S) groups is 1. The Hall–Kier alpha value is -2.15. The highest BCUT2D eigenvalue weighted by atomic mass is 32.1. The molecule has 0 fully saturated rings. The maximum atomic E-state index is 12.8. The summed E-state index contributed by atoms with van der Waals surface area (Å²) >= 11 is 4.66. The zero-order valence-electron chi connectivity index (χ0n) is 10.5. The van der Waals surface area contributed by atoms with Crippen molar-refractivity contribution >= 4 is 28.6 Å². The third kappa shape index (κ3) is 3.69. The van der Waals surface area contributed by atoms with Crippen LogP contribution in [0.25, 0.3) is 0 Å². The summed E-state index contributed by atoms with van der Waals surface area (Å²) in [7, 11) is 0. The van der Waals surface area contributed by atoms with E-state index in [1.165, 1.54) is 36.4 Å². The Kier molecular flexibility index (Phi) is 4.13. The van der Waals surface area contributed by atoms with Gasteiger partial charge in [0.05, 0.1) is 5.56 Å². The molecular weight excluding hydrogens is 304 g/mol. The molecule has 0 spiro atoms. The van der Waals surface area contributed by atoms with Gasteiger partial charge in [0.1, 0.15) is 10.8 Å². The molecular formula is C14H10F4N2S. The van der Waals surface area contributed by atoms with Crippen molar-refractivity contribution in [1.82, 2.24) is 0 Å². The van der Waals surface area contributed by atoms with Crippen molar-refractivity contribution in [2.45, 2.75) is 6.18 Å². The standard InChI is InChI=1S/C14H10F4N2S/c15-8-1-3-9(4-2-8)20-10-5-6-12(14(16,17)18)11(7-10)13(19)21/h1-7,20H,(H2,19,21). The Labute approximate surface area is 123 Å². The molecule has 2 nitrogen and oxygen atoms in total. The van der Waals surface area contributed by atoms with Gasteiger partial charge >= 0.3 is 6.18 Å². The van der Waals surface area contributed by atoms with E-state index in [0.717, 1.165) is 6.07 Å². The number of anilines is 2. The zero-order valence-corrected chi connectivity index (χ0v) is 11.4. The van der Waals surface area contributed by atoms with Crippen LogP contribution >= 0.6 is 12.2 Å². The number of nitrogens with one attached hydrogen (secondary N) is 1. The van der Waals surface area contributed by atoms with Crippen LogP contribution in [0, 0.1) is 5.82 Å². The average molecular weight is 314 g/mol. The van der Waals surface area contributed by atoms with E-state index in [2.05, 4.69) is 17.5 Å². The van der Waals surface area contributed by atoms with Gasteiger partial charge in [0, 0.05) is 16.9 Å². The lowest BCUT2D eigenvalue weighted by Gasteiger charge is -2.14. The van der Waals surface area contributed by atoms with Gasteiger partial charge in [0.15, 0.2) is 0 Å². The predicted molar refractivity (Wildman–Crippen MR) is 77.0 cm³/mol. The summed E-state index contributed by atoms with van der Waals surface area (Å²) in [5.41, 5.74) is 5.10. The molecule has 2 aromatic rings. The first-order valence-electron chi connectivity index (χ1n) is 5.81. The third-order valence-corrected chi connectivity index (χ3v) is 2.94. The summed E-state index contributed by atoms with van der Waals surface area (Å²) in [6.45, 7) is 0. The van der Waals surface area contributed by atoms with E-state index in [1.807, 2.05) is 0 Å². The van der Waals surface area contributed by atoms with Gasteiger partial charge in [-0.3, -0.25) is 0 Å². The minimum atomic E-state index is -4.53. The zero-order chi connectivity index (χ0) is 15.6. The minimum absolute atomic E-state index is 0.260. The maximum Gasteiger partial charge on any atom is 0.417 e. The lowest BCUT2D eigenvalue weighted by atomic mass is 10.1. The number of rotatable bonds is 3. The van der Waals surface area contributed by atoms with Gasteiger partial charge in [-0.1, -0.05) is 12.2 Å². The van der Waals surface area contributed by atoms with Crippen molar-refractivity contribution < 1.29 is 17.6 Å². The first kappa shape index (κ1) is 15.2. The van der Waals surface area contributed by atoms with Crippen LogP contribution < -0.4 is 11.1 Å². The van der Waals surface area contributed by atoms with Crippen LogP contribution in [0.4, 0.5) is 28.9 Å². The molecule has 0 radical (unpaired) electrons. The molecule has 0 saturated carbocycles. The van der Waals surface area contributed by atoms with Gasteiger partial charge in [-0.25, -0.2) is 4.39 Å². The summed E-state index contributed by atoms with van der Waals surface area (Å²) in [4.78, 5) is -0.343. The first-order valence-corrected chi connectivity index (χ1v) is 6.22. The molecule has 0 aromatic heterocycles. The Balaban J connectivity index is 2.36. The molecule has 7 heteroatoms. The van der Waals surface area contributed by atoms with E-state index in [4.69, 9.17) is 5.73 Å². The van der Waals surface area contributed by atoms with Gasteiger partial charge < -0.3 is 11.1 Å². The number of nitrogens with two attached hydrogens (primary N) is 1. The molecule has 0 heterocycles. The van der Waals surface area contributed by atoms with E-state index in [9.17, 15) is 17.6 Å². The lowest BCUT2D eigenvalue weighted by Crippen LogP contribution is -2.18. The molecule has 2 aromatic carbocycles. The smallest absolute Gasteiger partial charge is 0.389 e. The monoisotopic (exact) mass is 314 g/mol. The molecule has 21 heavy (non-hydrogen) atoms. The maximum absolute atomic E-state index is 12.8. The van der Waals surface area contributed by atoms with Crippen molar-refractivity contribution in [3.05, 3.63) is 59.4 Å². The van der Waals surface area contributed by atoms with Crippen LogP contribution in [0.2, 0.25) is 0 Å². The molecule has 0 aliphatic heterocycles. The largest absolute Gasteiger partial charge is 0.417 e. The summed E-state index contributed by atoms with van der Waals surface area (Å²) in [5.74, 6) is -0.406. The number of benzene rings is 2. The highest BCUT2D eigenvalue weighted by Gasteiger charge is 2.34. The highest BCUT2D eigenvalue weighted by Crippen LogP contribution is 2.33. The number of hydrogen-bond donors (Lipinski definition) is 2. The fraction of sp³-hybridized carbons (Fsp3) is 0.0714. The Morgan fingerprint density at radius 1 is 1.00 bits per heavy atom. The Morgan fingerprint density at radius 2 is 1.57 bits per heavy atom. The molecule has 0 atom stereocenters. The minimum Gasteiger partial charge on any atom is -0.389 e. The van der Waals surface area contributed by atoms with E-state index in [1.54, 1.807) is 0 Å². The third-order valence-electron chi connectivity index (χ3n) is 2.72. The molecule has 3 N–H and O–H groups in total. The van der Waals surface area contributed by atoms with Crippen LogP contribution in [-0.2, 0) is 6.18 Å². The number of alkyl halides is 3. The molecule has 0 amide bonds. The molecule has 2 rings (SSSR count). The number of hydrogen-bond acceptors (Lipinski definition) is 2. The fourth-order valence-corrected chi connectivity index (χ4v) is 1.94. The van der Waals surface area contributed by atoms with Gasteiger partial charge in [-0.15, -0.1) is 0 Å². The van der Waals surface area contributed by atoms with Gasteiger partial charge in [-0.2, -0.15) is 13.2 Å². The van der Waals surface area contributed by atoms with E-state index in [0.29, 0.717) is 11.4 Å². The second kappa shape index (κ2) is 5.69. The van der Waals surface area contributed by atoms with Crippen LogP contribution in [0.1, 0.15) is 11.1 Å². The topological polar surface area (TPSA) is 38.0 Å². The van der Waals surface area contributed by atoms with Crippen molar-refractivity contribution in [1.29, 1.82) is 0 Å². The van der Waals surface area contributed by atoms with Crippen LogP contribution in [0.15, 0.2) is 42.5 Å². The van der Waals surface area contributed by atoms with E-state index >= 15 is 0 Å². The highest BCUT2D eigenvalue weighted by molar-refractivity contribution is 7.80. The molecule has 0 unspecified atom stereocenters. The summed E-state index contributed by atoms with van der Waals surface area (Å²) in [5, 5.41) is 2.86. The normalized spacial score (nSPS) is 11.2. The predicted octanol–water partition coefficient (Wildman–Crippen LogP) is 4.22. The van der Waals surface area contributed by atoms with E-state index in [-0.39, 0.29) is 10.6 Å². The SMILES string of the molecule is NC(=S)c1cc(Nc2ccc(F)cc2)ccc1C(F)(F)F. The number of halogens is 4. The van der Waals surface area contributed by atoms with Crippen molar-refractivity contribution in [3.8, 4) is 0 Å².